The molecule has 0 unspecified atom stereocenters. The number of ketones is 1. The van der Waals surface area contributed by atoms with Gasteiger partial charge in [-0.1, -0.05) is 11.3 Å². The number of benzene rings is 2. The number of sulfonamides is 1. The number of halogens is 3. The number of aromatic nitrogens is 3. The smallest absolute Gasteiger partial charge is 0.299 e. The van der Waals surface area contributed by atoms with Gasteiger partial charge >= 0.3 is 0 Å². The summed E-state index contributed by atoms with van der Waals surface area (Å²) >= 11 is 0. The Morgan fingerprint density at radius 2 is 1.89 bits per heavy atom. The van der Waals surface area contributed by atoms with Crippen LogP contribution in [0.2, 0.25) is 0 Å². The van der Waals surface area contributed by atoms with Crippen LogP contribution in [0.25, 0.3) is 0 Å². The molecule has 1 aromatic heterocycles. The predicted octanol–water partition coefficient (Wildman–Crippen LogP) is 3.04. The van der Waals surface area contributed by atoms with E-state index in [0.29, 0.717) is 30.5 Å². The molecule has 0 bridgehead atoms. The molecule has 0 radical (unpaired) electrons. The number of hydrogen-bond acceptors (Lipinski definition) is 6. The van der Waals surface area contributed by atoms with Crippen molar-refractivity contribution >= 4 is 27.4 Å². The van der Waals surface area contributed by atoms with Crippen molar-refractivity contribution in [2.45, 2.75) is 49.7 Å². The van der Waals surface area contributed by atoms with E-state index in [1.165, 1.54) is 50.4 Å². The molecule has 3 heterocycles. The summed E-state index contributed by atoms with van der Waals surface area (Å²) in [4.78, 5) is 26.5. The summed E-state index contributed by atoms with van der Waals surface area (Å²) in [7, 11) is -4.01. The van der Waals surface area contributed by atoms with Crippen molar-refractivity contribution in [2.75, 3.05) is 18.1 Å². The maximum atomic E-state index is 14.1. The van der Waals surface area contributed by atoms with Crippen LogP contribution in [0.3, 0.4) is 0 Å². The molecular weight excluding hydrogens is 522 g/mol. The zero-order valence-electron chi connectivity index (χ0n) is 20.2. The Labute approximate surface area is 216 Å². The van der Waals surface area contributed by atoms with Crippen molar-refractivity contribution in [3.63, 3.8) is 0 Å². The minimum atomic E-state index is -4.01. The van der Waals surface area contributed by atoms with Crippen LogP contribution in [0.1, 0.15) is 40.9 Å². The molecule has 38 heavy (non-hydrogen) atoms. The van der Waals surface area contributed by atoms with Crippen molar-refractivity contribution in [2.24, 2.45) is 0 Å². The maximum Gasteiger partial charge on any atom is 0.299 e. The molecule has 13 heteroatoms. The first-order valence-electron chi connectivity index (χ1n) is 12.1. The number of fused-ring (bicyclic) bond motifs is 1. The molecule has 1 fully saturated rings. The predicted molar refractivity (Wildman–Crippen MR) is 130 cm³/mol. The van der Waals surface area contributed by atoms with Crippen molar-refractivity contribution in [3.05, 3.63) is 71.1 Å². The molecule has 3 aromatic rings. The van der Waals surface area contributed by atoms with Crippen LogP contribution in [0.4, 0.5) is 18.9 Å². The lowest BCUT2D eigenvalue weighted by Gasteiger charge is -2.24. The molecule has 0 spiro atoms. The largest absolute Gasteiger partial charge is 0.299 e. The van der Waals surface area contributed by atoms with E-state index in [9.17, 15) is 31.2 Å². The van der Waals surface area contributed by atoms with Gasteiger partial charge in [0, 0.05) is 18.7 Å². The summed E-state index contributed by atoms with van der Waals surface area (Å²) < 4.78 is 69.5. The molecule has 9 nitrogen and oxygen atoms in total. The van der Waals surface area contributed by atoms with E-state index in [2.05, 4.69) is 10.3 Å². The van der Waals surface area contributed by atoms with E-state index in [0.717, 1.165) is 6.07 Å². The lowest BCUT2D eigenvalue weighted by atomic mass is 10.0. The number of carbonyl (C=O) groups is 2. The highest BCUT2D eigenvalue weighted by molar-refractivity contribution is 7.89. The van der Waals surface area contributed by atoms with Gasteiger partial charge in [0.1, 0.15) is 24.0 Å². The van der Waals surface area contributed by atoms with E-state index < -0.39 is 46.1 Å². The van der Waals surface area contributed by atoms with Crippen LogP contribution in [-0.4, -0.2) is 58.7 Å². The molecule has 0 N–H and O–H groups in total. The van der Waals surface area contributed by atoms with E-state index in [-0.39, 0.29) is 42.2 Å². The second-order valence-electron chi connectivity index (χ2n) is 9.25. The fourth-order valence-electron chi connectivity index (χ4n) is 4.96. The number of amides is 1. The zero-order chi connectivity index (χ0) is 27.0. The minimum absolute atomic E-state index is 0.00795. The molecule has 2 aliphatic rings. The Bertz CT molecular complexity index is 1510. The van der Waals surface area contributed by atoms with Crippen molar-refractivity contribution < 1.29 is 31.2 Å². The van der Waals surface area contributed by atoms with Gasteiger partial charge in [-0.25, -0.2) is 26.3 Å². The standard InChI is InChI=1S/C25H24F3N5O4S/c26-9-11-31-14-18(29-30-31)15-32-23-8-7-20(13-21(23)24(34)25(32)35)38(36,37)33-10-1-2-19(33)6-4-16-3-5-17(27)12-22(16)28/h3,5,7-8,12-14,19H,1-2,4,6,9-11,15H2/t19-/m0/s1/i26-1. The highest BCUT2D eigenvalue weighted by Crippen LogP contribution is 2.35. The topological polar surface area (TPSA) is 105 Å². The van der Waals surface area contributed by atoms with E-state index >= 15 is 0 Å². The highest BCUT2D eigenvalue weighted by atomic mass is 32.2. The molecule has 1 atom stereocenters. The number of hydrogen-bond donors (Lipinski definition) is 0. The monoisotopic (exact) mass is 546 g/mol. The van der Waals surface area contributed by atoms with Gasteiger partial charge in [-0.3, -0.25) is 14.5 Å². The zero-order valence-corrected chi connectivity index (χ0v) is 21.0. The molecule has 2 aromatic carbocycles. The molecule has 1 saturated heterocycles. The third-order valence-corrected chi connectivity index (χ3v) is 8.80. The van der Waals surface area contributed by atoms with E-state index in [1.807, 2.05) is 0 Å². The van der Waals surface area contributed by atoms with Crippen molar-refractivity contribution in [1.82, 2.24) is 19.3 Å². The van der Waals surface area contributed by atoms with Crippen LogP contribution in [0.15, 0.2) is 47.5 Å². The lowest BCUT2D eigenvalue weighted by molar-refractivity contribution is -0.114. The fourth-order valence-corrected chi connectivity index (χ4v) is 6.71. The van der Waals surface area contributed by atoms with Gasteiger partial charge in [0.15, 0.2) is 0 Å². The Morgan fingerprint density at radius 1 is 1.08 bits per heavy atom. The fraction of sp³-hybridized carbons (Fsp3) is 0.360. The van der Waals surface area contributed by atoms with Gasteiger partial charge < -0.3 is 0 Å². The summed E-state index contributed by atoms with van der Waals surface area (Å²) in [6.07, 6.45) is 3.27. The number of carbonyl (C=O) groups excluding carboxylic acids is 2. The number of Topliss-reactive ketones (excluding diaryl/α,β-unsaturated/α-hetero) is 1. The average molecular weight is 547 g/mol. The molecule has 0 aliphatic carbocycles. The third kappa shape index (κ3) is 4.83. The van der Waals surface area contributed by atoms with Gasteiger partial charge in [0.05, 0.1) is 35.4 Å². The normalized spacial score (nSPS) is 18.0. The summed E-state index contributed by atoms with van der Waals surface area (Å²) in [5.41, 5.74) is 0.879. The number of nitrogens with zero attached hydrogens (tertiary/aromatic N) is 5. The Kier molecular flexibility index (Phi) is 7.05. The van der Waals surface area contributed by atoms with Gasteiger partial charge in [0.2, 0.25) is 10.0 Å². The van der Waals surface area contributed by atoms with Crippen LogP contribution in [0.5, 0.6) is 0 Å². The van der Waals surface area contributed by atoms with Gasteiger partial charge in [-0.15, -0.1) is 5.10 Å². The first-order chi connectivity index (χ1) is 18.2. The van der Waals surface area contributed by atoms with E-state index in [4.69, 9.17) is 0 Å². The number of anilines is 1. The second-order valence-corrected chi connectivity index (χ2v) is 11.1. The quantitative estimate of drug-likeness (QED) is 0.382. The lowest BCUT2D eigenvalue weighted by Crippen LogP contribution is -2.36. The van der Waals surface area contributed by atoms with Gasteiger partial charge in [0.25, 0.3) is 11.7 Å². The van der Waals surface area contributed by atoms with Crippen molar-refractivity contribution in [3.8, 4) is 0 Å². The summed E-state index contributed by atoms with van der Waals surface area (Å²) in [5.74, 6) is -3.01. The Hall–Kier alpha value is -3.58. The number of aryl methyl sites for hydroxylation is 2. The van der Waals surface area contributed by atoms with Crippen LogP contribution >= 0.6 is 0 Å². The summed E-state index contributed by atoms with van der Waals surface area (Å²) in [5, 5.41) is 7.66. The van der Waals surface area contributed by atoms with Gasteiger partial charge in [-0.05, 0) is 55.5 Å². The Morgan fingerprint density at radius 3 is 2.66 bits per heavy atom. The van der Waals surface area contributed by atoms with E-state index in [1.54, 1.807) is 0 Å². The highest BCUT2D eigenvalue weighted by Gasteiger charge is 2.40. The van der Waals surface area contributed by atoms with Gasteiger partial charge in [-0.2, -0.15) is 4.31 Å². The van der Waals surface area contributed by atoms with Crippen LogP contribution in [-0.2, 0) is 34.3 Å². The van der Waals surface area contributed by atoms with Crippen molar-refractivity contribution in [1.29, 1.82) is 0 Å². The maximum absolute atomic E-state index is 14.1. The molecular formula is C25H24F3N5O4S. The number of rotatable bonds is 9. The molecule has 200 valence electrons. The SMILES string of the molecule is O=C1C(=O)N(Cc2cn(CC[18F])nn2)c2ccc(S(=O)(=O)N3CCC[C@H]3CCc3ccc(F)cc3F)cc21. The first-order valence-corrected chi connectivity index (χ1v) is 13.5. The second kappa shape index (κ2) is 10.3. The molecule has 1 amide bonds. The molecule has 0 saturated carbocycles. The molecule has 2 aliphatic heterocycles. The first kappa shape index (κ1) is 26.0. The number of alkyl halides is 1. The summed E-state index contributed by atoms with van der Waals surface area (Å²) in [6, 6.07) is 6.90. The van der Waals surface area contributed by atoms with Crippen LogP contribution < -0.4 is 4.90 Å². The summed E-state index contributed by atoms with van der Waals surface area (Å²) in [6.45, 7) is -0.438. The third-order valence-electron chi connectivity index (χ3n) is 6.85. The molecule has 5 rings (SSSR count). The van der Waals surface area contributed by atoms with Crippen LogP contribution in [0, 0.1) is 11.6 Å². The average Bonchev–Trinajstić information content (AvgIpc) is 3.60. The minimum Gasteiger partial charge on any atom is -0.299 e. The Balaban J connectivity index is 1.35.